The van der Waals surface area contributed by atoms with Crippen LogP contribution in [0.3, 0.4) is 0 Å². The normalized spacial score (nSPS) is 28.9. The molecule has 1 saturated heterocycles. The van der Waals surface area contributed by atoms with Gasteiger partial charge in [0.05, 0.1) is 6.61 Å². The number of benzene rings is 1. The number of nitrogens with one attached hydrogen (secondary N) is 1. The maximum atomic E-state index is 5.75. The molecular weight excluding hydrogens is 210 g/mol. The minimum absolute atomic E-state index is 0.651. The van der Waals surface area contributed by atoms with Gasteiger partial charge in [-0.2, -0.15) is 0 Å². The van der Waals surface area contributed by atoms with Crippen molar-refractivity contribution in [2.24, 2.45) is 0 Å². The van der Waals surface area contributed by atoms with Crippen molar-refractivity contribution in [2.75, 3.05) is 13.2 Å². The van der Waals surface area contributed by atoms with E-state index in [1.165, 1.54) is 37.8 Å². The summed E-state index contributed by atoms with van der Waals surface area (Å²) in [5.41, 5.74) is 1.41. The topological polar surface area (TPSA) is 21.3 Å². The first kappa shape index (κ1) is 11.1. The molecule has 1 N–H and O–H groups in total. The van der Waals surface area contributed by atoms with E-state index in [-0.39, 0.29) is 0 Å². The Morgan fingerprint density at radius 2 is 2.00 bits per heavy atom. The molecule has 0 spiro atoms. The zero-order chi connectivity index (χ0) is 11.5. The Balaban J connectivity index is 1.83. The quantitative estimate of drug-likeness (QED) is 0.802. The highest BCUT2D eigenvalue weighted by atomic mass is 16.5. The fraction of sp³-hybridized carbons (Fsp3) is 0.600. The van der Waals surface area contributed by atoms with Gasteiger partial charge in [-0.1, -0.05) is 31.0 Å². The third-order valence-corrected chi connectivity index (χ3v) is 4.09. The van der Waals surface area contributed by atoms with Crippen molar-refractivity contribution in [3.8, 4) is 5.75 Å². The summed E-state index contributed by atoms with van der Waals surface area (Å²) in [4.78, 5) is 0. The van der Waals surface area contributed by atoms with Gasteiger partial charge in [0.1, 0.15) is 5.75 Å². The van der Waals surface area contributed by atoms with Crippen LogP contribution in [0.15, 0.2) is 24.3 Å². The largest absolute Gasteiger partial charge is 0.493 e. The summed E-state index contributed by atoms with van der Waals surface area (Å²) in [5, 5.41) is 3.74. The second-order valence-corrected chi connectivity index (χ2v) is 5.19. The van der Waals surface area contributed by atoms with Gasteiger partial charge in [-0.3, -0.25) is 0 Å². The Labute approximate surface area is 103 Å². The van der Waals surface area contributed by atoms with Crippen molar-refractivity contribution in [1.29, 1.82) is 0 Å². The number of para-hydroxylation sites is 1. The first-order valence-corrected chi connectivity index (χ1v) is 6.90. The SMILES string of the molecule is c1ccc2c(c1)OCCC2C1CCCCCN1. The van der Waals surface area contributed by atoms with Crippen molar-refractivity contribution >= 4 is 0 Å². The summed E-state index contributed by atoms with van der Waals surface area (Å²) in [6, 6.07) is 9.21. The lowest BCUT2D eigenvalue weighted by molar-refractivity contribution is 0.243. The van der Waals surface area contributed by atoms with Gasteiger partial charge in [-0.05, 0) is 37.4 Å². The molecule has 17 heavy (non-hydrogen) atoms. The van der Waals surface area contributed by atoms with Crippen molar-refractivity contribution in [1.82, 2.24) is 5.32 Å². The Kier molecular flexibility index (Phi) is 3.32. The average Bonchev–Trinajstić information content (AvgIpc) is 2.67. The Morgan fingerprint density at radius 1 is 1.06 bits per heavy atom. The first-order valence-electron chi connectivity index (χ1n) is 6.90. The lowest BCUT2D eigenvalue weighted by Gasteiger charge is -2.32. The van der Waals surface area contributed by atoms with E-state index < -0.39 is 0 Å². The monoisotopic (exact) mass is 231 g/mol. The van der Waals surface area contributed by atoms with E-state index in [4.69, 9.17) is 4.74 Å². The van der Waals surface area contributed by atoms with Crippen LogP contribution in [0.2, 0.25) is 0 Å². The molecule has 1 aromatic carbocycles. The summed E-state index contributed by atoms with van der Waals surface area (Å²) >= 11 is 0. The standard InChI is InChI=1S/C15H21NO/c1-2-7-14(16-10-5-1)12-9-11-17-15-8-4-3-6-13(12)15/h3-4,6,8,12,14,16H,1-2,5,7,9-11H2. The molecule has 0 saturated carbocycles. The Hall–Kier alpha value is -1.02. The molecule has 0 bridgehead atoms. The van der Waals surface area contributed by atoms with Crippen LogP contribution in [0.25, 0.3) is 0 Å². The minimum atomic E-state index is 0.651. The fourth-order valence-electron chi connectivity index (χ4n) is 3.19. The second kappa shape index (κ2) is 5.09. The summed E-state index contributed by atoms with van der Waals surface area (Å²) in [5.74, 6) is 1.76. The Morgan fingerprint density at radius 3 is 3.00 bits per heavy atom. The number of hydrogen-bond donors (Lipinski definition) is 1. The van der Waals surface area contributed by atoms with Gasteiger partial charge in [0.15, 0.2) is 0 Å². The second-order valence-electron chi connectivity index (χ2n) is 5.19. The number of fused-ring (bicyclic) bond motifs is 1. The molecule has 2 atom stereocenters. The van der Waals surface area contributed by atoms with Gasteiger partial charge in [0, 0.05) is 12.0 Å². The van der Waals surface area contributed by atoms with Gasteiger partial charge in [-0.15, -0.1) is 0 Å². The smallest absolute Gasteiger partial charge is 0.122 e. The molecule has 3 rings (SSSR count). The van der Waals surface area contributed by atoms with Crippen LogP contribution in [-0.4, -0.2) is 19.2 Å². The summed E-state index contributed by atoms with van der Waals surface area (Å²) in [6.45, 7) is 2.06. The minimum Gasteiger partial charge on any atom is -0.493 e. The maximum Gasteiger partial charge on any atom is 0.122 e. The predicted molar refractivity (Wildman–Crippen MR) is 69.6 cm³/mol. The third kappa shape index (κ3) is 2.32. The predicted octanol–water partition coefficient (Wildman–Crippen LogP) is 3.08. The molecule has 2 heteroatoms. The highest BCUT2D eigenvalue weighted by molar-refractivity contribution is 5.38. The summed E-state index contributed by atoms with van der Waals surface area (Å²) in [6.07, 6.45) is 6.57. The number of rotatable bonds is 1. The molecule has 0 aliphatic carbocycles. The summed E-state index contributed by atoms with van der Waals surface area (Å²) < 4.78 is 5.75. The van der Waals surface area contributed by atoms with Crippen LogP contribution in [0, 0.1) is 0 Å². The van der Waals surface area contributed by atoms with E-state index in [9.17, 15) is 0 Å². The highest BCUT2D eigenvalue weighted by Crippen LogP contribution is 2.37. The van der Waals surface area contributed by atoms with Crippen molar-refractivity contribution in [2.45, 2.75) is 44.1 Å². The van der Waals surface area contributed by atoms with E-state index in [2.05, 4.69) is 29.6 Å². The van der Waals surface area contributed by atoms with Gasteiger partial charge in [-0.25, -0.2) is 0 Å². The molecular formula is C15H21NO. The van der Waals surface area contributed by atoms with Crippen LogP contribution in [0.4, 0.5) is 0 Å². The number of ether oxygens (including phenoxy) is 1. The zero-order valence-corrected chi connectivity index (χ0v) is 10.3. The van der Waals surface area contributed by atoms with Crippen molar-refractivity contribution in [3.63, 3.8) is 0 Å². The van der Waals surface area contributed by atoms with E-state index in [1.807, 2.05) is 0 Å². The molecule has 1 fully saturated rings. The molecule has 92 valence electrons. The third-order valence-electron chi connectivity index (χ3n) is 4.09. The molecule has 0 radical (unpaired) electrons. The van der Waals surface area contributed by atoms with Gasteiger partial charge in [0.25, 0.3) is 0 Å². The molecule has 2 aliphatic rings. The molecule has 1 aromatic rings. The molecule has 2 aliphatic heterocycles. The lowest BCUT2D eigenvalue weighted by atomic mass is 9.84. The van der Waals surface area contributed by atoms with E-state index in [0.717, 1.165) is 18.8 Å². The van der Waals surface area contributed by atoms with Crippen molar-refractivity contribution < 1.29 is 4.74 Å². The maximum absolute atomic E-state index is 5.75. The first-order chi connectivity index (χ1) is 8.45. The number of hydrogen-bond acceptors (Lipinski definition) is 2. The van der Waals surface area contributed by atoms with Crippen LogP contribution in [0.5, 0.6) is 5.75 Å². The summed E-state index contributed by atoms with van der Waals surface area (Å²) in [7, 11) is 0. The lowest BCUT2D eigenvalue weighted by Crippen LogP contribution is -2.36. The van der Waals surface area contributed by atoms with Crippen LogP contribution < -0.4 is 10.1 Å². The zero-order valence-electron chi connectivity index (χ0n) is 10.3. The fourth-order valence-corrected chi connectivity index (χ4v) is 3.19. The van der Waals surface area contributed by atoms with E-state index in [0.29, 0.717) is 12.0 Å². The van der Waals surface area contributed by atoms with Crippen LogP contribution >= 0.6 is 0 Å². The van der Waals surface area contributed by atoms with Gasteiger partial charge < -0.3 is 10.1 Å². The molecule has 0 aromatic heterocycles. The van der Waals surface area contributed by atoms with Gasteiger partial charge >= 0.3 is 0 Å². The molecule has 0 amide bonds. The van der Waals surface area contributed by atoms with Crippen molar-refractivity contribution in [3.05, 3.63) is 29.8 Å². The molecule has 2 unspecified atom stereocenters. The van der Waals surface area contributed by atoms with Crippen LogP contribution in [-0.2, 0) is 0 Å². The van der Waals surface area contributed by atoms with Gasteiger partial charge in [0.2, 0.25) is 0 Å². The van der Waals surface area contributed by atoms with E-state index >= 15 is 0 Å². The van der Waals surface area contributed by atoms with E-state index in [1.54, 1.807) is 0 Å². The average molecular weight is 231 g/mol. The van der Waals surface area contributed by atoms with Crippen LogP contribution in [0.1, 0.15) is 43.6 Å². The Bertz CT molecular complexity index is 369. The molecule has 2 heterocycles. The molecule has 2 nitrogen and oxygen atoms in total. The highest BCUT2D eigenvalue weighted by Gasteiger charge is 2.28.